The quantitative estimate of drug-likeness (QED) is 0.732. The monoisotopic (exact) mass is 255 g/mol. The summed E-state index contributed by atoms with van der Waals surface area (Å²) in [6, 6.07) is -0.159. The molecule has 104 valence electrons. The number of ether oxygens (including phenoxy) is 1. The number of amides is 1. The fourth-order valence-corrected chi connectivity index (χ4v) is 2.77. The van der Waals surface area contributed by atoms with Crippen LogP contribution in [0.15, 0.2) is 0 Å². The molecule has 2 aliphatic rings. The normalized spacial score (nSPS) is 30.1. The summed E-state index contributed by atoms with van der Waals surface area (Å²) < 4.78 is 5.28. The molecule has 5 heteroatoms. The lowest BCUT2D eigenvalue weighted by Gasteiger charge is -2.30. The van der Waals surface area contributed by atoms with Crippen LogP contribution in [0, 0.1) is 5.92 Å². The van der Waals surface area contributed by atoms with E-state index >= 15 is 0 Å². The van der Waals surface area contributed by atoms with Crippen molar-refractivity contribution < 1.29 is 9.53 Å². The minimum atomic E-state index is -0.159. The molecule has 0 aromatic rings. The van der Waals surface area contributed by atoms with E-state index in [2.05, 4.69) is 22.6 Å². The molecule has 2 fully saturated rings. The third-order valence-corrected chi connectivity index (χ3v) is 3.81. The third kappa shape index (κ3) is 4.23. The van der Waals surface area contributed by atoms with Gasteiger partial charge in [0.15, 0.2) is 0 Å². The van der Waals surface area contributed by atoms with Gasteiger partial charge in [-0.15, -0.1) is 0 Å². The topological polar surface area (TPSA) is 53.6 Å². The maximum Gasteiger partial charge on any atom is 0.239 e. The Balaban J connectivity index is 1.60. The fraction of sp³-hybridized carbons (Fsp3) is 0.923. The summed E-state index contributed by atoms with van der Waals surface area (Å²) in [4.78, 5) is 14.2. The molecule has 0 aromatic carbocycles. The lowest BCUT2D eigenvalue weighted by Crippen LogP contribution is -2.51. The van der Waals surface area contributed by atoms with Gasteiger partial charge in [-0.1, -0.05) is 0 Å². The number of piperidine rings is 1. The first-order valence-corrected chi connectivity index (χ1v) is 7.03. The van der Waals surface area contributed by atoms with Gasteiger partial charge < -0.3 is 20.3 Å². The second-order valence-corrected chi connectivity index (χ2v) is 5.43. The molecule has 2 heterocycles. The molecule has 0 radical (unpaired) electrons. The Labute approximate surface area is 109 Å². The molecule has 2 rings (SSSR count). The predicted molar refractivity (Wildman–Crippen MR) is 70.5 cm³/mol. The van der Waals surface area contributed by atoms with Gasteiger partial charge in [-0.05, 0) is 38.8 Å². The summed E-state index contributed by atoms with van der Waals surface area (Å²) in [5.74, 6) is 0.818. The molecule has 0 saturated carbocycles. The molecule has 0 bridgehead atoms. The zero-order valence-electron chi connectivity index (χ0n) is 11.3. The molecular weight excluding hydrogens is 230 g/mol. The fourth-order valence-electron chi connectivity index (χ4n) is 2.77. The highest BCUT2D eigenvalue weighted by atomic mass is 16.5. The number of hydrogen-bond acceptors (Lipinski definition) is 4. The van der Waals surface area contributed by atoms with Gasteiger partial charge in [-0.2, -0.15) is 0 Å². The van der Waals surface area contributed by atoms with E-state index in [0.29, 0.717) is 13.2 Å². The summed E-state index contributed by atoms with van der Waals surface area (Å²) >= 11 is 0. The van der Waals surface area contributed by atoms with Crippen molar-refractivity contribution >= 4 is 5.91 Å². The highest BCUT2D eigenvalue weighted by Crippen LogP contribution is 2.17. The summed E-state index contributed by atoms with van der Waals surface area (Å²) in [6.45, 7) is 5.14. The Hall–Kier alpha value is -0.650. The van der Waals surface area contributed by atoms with Crippen molar-refractivity contribution in [3.8, 4) is 0 Å². The molecule has 5 nitrogen and oxygen atoms in total. The average molecular weight is 255 g/mol. The van der Waals surface area contributed by atoms with Crippen LogP contribution in [0.3, 0.4) is 0 Å². The maximum atomic E-state index is 11.8. The molecule has 2 unspecified atom stereocenters. The van der Waals surface area contributed by atoms with Crippen molar-refractivity contribution in [2.45, 2.75) is 25.3 Å². The maximum absolute atomic E-state index is 11.8. The van der Waals surface area contributed by atoms with Crippen LogP contribution in [0.4, 0.5) is 0 Å². The van der Waals surface area contributed by atoms with Crippen LogP contribution >= 0.6 is 0 Å². The van der Waals surface area contributed by atoms with Gasteiger partial charge in [-0.25, -0.2) is 0 Å². The molecular formula is C13H25N3O2. The summed E-state index contributed by atoms with van der Waals surface area (Å²) in [6.07, 6.45) is 3.67. The van der Waals surface area contributed by atoms with Gasteiger partial charge in [0.05, 0.1) is 13.2 Å². The molecule has 0 aliphatic carbocycles. The van der Waals surface area contributed by atoms with Gasteiger partial charge >= 0.3 is 0 Å². The van der Waals surface area contributed by atoms with Crippen molar-refractivity contribution in [3.63, 3.8) is 0 Å². The van der Waals surface area contributed by atoms with Gasteiger partial charge in [0.2, 0.25) is 5.91 Å². The molecule has 0 spiro atoms. The summed E-state index contributed by atoms with van der Waals surface area (Å²) in [5.41, 5.74) is 0. The predicted octanol–water partition coefficient (Wildman–Crippen LogP) is -0.177. The molecule has 1 amide bonds. The van der Waals surface area contributed by atoms with Gasteiger partial charge in [-0.3, -0.25) is 4.79 Å². The summed E-state index contributed by atoms with van der Waals surface area (Å²) in [7, 11) is 2.17. The van der Waals surface area contributed by atoms with Crippen molar-refractivity contribution in [2.75, 3.05) is 46.4 Å². The van der Waals surface area contributed by atoms with Crippen molar-refractivity contribution in [2.24, 2.45) is 5.92 Å². The van der Waals surface area contributed by atoms with Crippen molar-refractivity contribution in [1.29, 1.82) is 0 Å². The van der Waals surface area contributed by atoms with Crippen LogP contribution in [0.2, 0.25) is 0 Å². The Kier molecular flexibility index (Phi) is 5.41. The lowest BCUT2D eigenvalue weighted by molar-refractivity contribution is -0.125. The highest BCUT2D eigenvalue weighted by molar-refractivity contribution is 5.81. The molecule has 0 aromatic heterocycles. The zero-order chi connectivity index (χ0) is 12.8. The van der Waals surface area contributed by atoms with Crippen LogP contribution in [0.1, 0.15) is 19.3 Å². The van der Waals surface area contributed by atoms with Crippen molar-refractivity contribution in [3.05, 3.63) is 0 Å². The molecule has 2 aliphatic heterocycles. The Morgan fingerprint density at radius 3 is 3.17 bits per heavy atom. The molecule has 2 saturated heterocycles. The van der Waals surface area contributed by atoms with E-state index in [1.54, 1.807) is 0 Å². The number of carbonyl (C=O) groups excluding carboxylic acids is 1. The van der Waals surface area contributed by atoms with Gasteiger partial charge in [0, 0.05) is 19.6 Å². The first kappa shape index (κ1) is 13.8. The van der Waals surface area contributed by atoms with Crippen LogP contribution in [-0.4, -0.2) is 63.3 Å². The van der Waals surface area contributed by atoms with E-state index < -0.39 is 0 Å². The summed E-state index contributed by atoms with van der Waals surface area (Å²) in [5, 5.41) is 6.18. The number of carbonyl (C=O) groups is 1. The van der Waals surface area contributed by atoms with Crippen LogP contribution < -0.4 is 10.6 Å². The number of morpholine rings is 1. The highest BCUT2D eigenvalue weighted by Gasteiger charge is 2.21. The van der Waals surface area contributed by atoms with E-state index in [4.69, 9.17) is 4.74 Å². The standard InChI is InChI=1S/C13H25N3O2/c1-16-7-2-3-11(9-16)4-5-15-13(17)12-10-18-8-6-14-12/h11-12,14H,2-10H2,1H3,(H,15,17). The first-order valence-electron chi connectivity index (χ1n) is 7.03. The Morgan fingerprint density at radius 2 is 2.44 bits per heavy atom. The van der Waals surface area contributed by atoms with Crippen LogP contribution in [-0.2, 0) is 9.53 Å². The molecule has 2 atom stereocenters. The smallest absolute Gasteiger partial charge is 0.239 e. The van der Waals surface area contributed by atoms with E-state index in [-0.39, 0.29) is 11.9 Å². The van der Waals surface area contributed by atoms with E-state index in [1.807, 2.05) is 0 Å². The molecule has 18 heavy (non-hydrogen) atoms. The second-order valence-electron chi connectivity index (χ2n) is 5.43. The Bertz CT molecular complexity index is 267. The van der Waals surface area contributed by atoms with Crippen LogP contribution in [0.5, 0.6) is 0 Å². The minimum Gasteiger partial charge on any atom is -0.378 e. The number of hydrogen-bond donors (Lipinski definition) is 2. The van der Waals surface area contributed by atoms with Gasteiger partial charge in [0.1, 0.15) is 6.04 Å². The van der Waals surface area contributed by atoms with Crippen molar-refractivity contribution in [1.82, 2.24) is 15.5 Å². The van der Waals surface area contributed by atoms with E-state index in [1.165, 1.54) is 25.9 Å². The average Bonchev–Trinajstić information content (AvgIpc) is 2.40. The number of nitrogens with one attached hydrogen (secondary N) is 2. The number of likely N-dealkylation sites (tertiary alicyclic amines) is 1. The third-order valence-electron chi connectivity index (χ3n) is 3.81. The van der Waals surface area contributed by atoms with Crippen LogP contribution in [0.25, 0.3) is 0 Å². The minimum absolute atomic E-state index is 0.0823. The Morgan fingerprint density at radius 1 is 1.56 bits per heavy atom. The number of nitrogens with zero attached hydrogens (tertiary/aromatic N) is 1. The zero-order valence-corrected chi connectivity index (χ0v) is 11.3. The van der Waals surface area contributed by atoms with E-state index in [0.717, 1.165) is 25.4 Å². The second kappa shape index (κ2) is 7.07. The molecule has 2 N–H and O–H groups in total. The number of rotatable bonds is 4. The first-order chi connectivity index (χ1) is 8.75. The SMILES string of the molecule is CN1CCCC(CCNC(=O)C2COCCN2)C1. The lowest BCUT2D eigenvalue weighted by atomic mass is 9.95. The van der Waals surface area contributed by atoms with E-state index in [9.17, 15) is 4.79 Å². The largest absolute Gasteiger partial charge is 0.378 e. The van der Waals surface area contributed by atoms with Gasteiger partial charge in [0.25, 0.3) is 0 Å².